The first-order valence-electron chi connectivity index (χ1n) is 9.50. The van der Waals surface area contributed by atoms with E-state index >= 15 is 0 Å². The summed E-state index contributed by atoms with van der Waals surface area (Å²) in [6.45, 7) is 7.90. The monoisotopic (exact) mass is 325 g/mol. The van der Waals surface area contributed by atoms with Crippen molar-refractivity contribution in [2.75, 3.05) is 13.1 Å². The largest absolute Gasteiger partial charge is 0.335 e. The fourth-order valence-electron chi connectivity index (χ4n) is 3.87. The lowest BCUT2D eigenvalue weighted by molar-refractivity contribution is 0.134. The Morgan fingerprint density at radius 1 is 1.08 bits per heavy atom. The Balaban J connectivity index is 1.48. The molecule has 1 aromatic heterocycles. The lowest BCUT2D eigenvalue weighted by Crippen LogP contribution is -2.40. The predicted molar refractivity (Wildman–Crippen MR) is 100 cm³/mol. The highest BCUT2D eigenvalue weighted by atomic mass is 15.2. The van der Waals surface area contributed by atoms with Gasteiger partial charge in [-0.15, -0.1) is 0 Å². The van der Waals surface area contributed by atoms with Crippen molar-refractivity contribution in [3.8, 4) is 0 Å². The molecule has 1 aromatic carbocycles. The molecule has 0 aliphatic carbocycles. The minimum Gasteiger partial charge on any atom is -0.335 e. The van der Waals surface area contributed by atoms with Crippen molar-refractivity contribution >= 4 is 0 Å². The van der Waals surface area contributed by atoms with Crippen LogP contribution < -0.4 is 0 Å². The molecule has 1 saturated heterocycles. The summed E-state index contributed by atoms with van der Waals surface area (Å²) in [5.41, 5.74) is 3.95. The second-order valence-corrected chi connectivity index (χ2v) is 7.17. The standard InChI is InChI=1S/C21H31N3/c1-18-19(2)24(17-22-18)16-13-21-12-6-7-14-23(21)15-8-11-20-9-4-3-5-10-20/h3-5,9-10,17,21H,6-8,11-16H2,1-2H3. The van der Waals surface area contributed by atoms with E-state index in [4.69, 9.17) is 0 Å². The first kappa shape index (κ1) is 17.2. The van der Waals surface area contributed by atoms with Crippen LogP contribution in [0.4, 0.5) is 0 Å². The molecule has 1 fully saturated rings. The van der Waals surface area contributed by atoms with Crippen molar-refractivity contribution in [2.45, 2.75) is 65.0 Å². The fourth-order valence-corrected chi connectivity index (χ4v) is 3.87. The van der Waals surface area contributed by atoms with Crippen LogP contribution >= 0.6 is 0 Å². The van der Waals surface area contributed by atoms with Crippen molar-refractivity contribution in [1.82, 2.24) is 14.5 Å². The lowest BCUT2D eigenvalue weighted by Gasteiger charge is -2.36. The van der Waals surface area contributed by atoms with Gasteiger partial charge in [-0.2, -0.15) is 0 Å². The molecule has 0 amide bonds. The zero-order valence-corrected chi connectivity index (χ0v) is 15.2. The van der Waals surface area contributed by atoms with Crippen molar-refractivity contribution in [3.05, 3.63) is 53.6 Å². The molecule has 1 unspecified atom stereocenters. The highest BCUT2D eigenvalue weighted by molar-refractivity contribution is 5.14. The first-order chi connectivity index (χ1) is 11.7. The van der Waals surface area contributed by atoms with Crippen LogP contribution in [-0.4, -0.2) is 33.6 Å². The molecular weight excluding hydrogens is 294 g/mol. The maximum atomic E-state index is 4.43. The summed E-state index contributed by atoms with van der Waals surface area (Å²) in [4.78, 5) is 7.17. The van der Waals surface area contributed by atoms with Gasteiger partial charge in [-0.05, 0) is 64.6 Å². The Labute approximate surface area is 146 Å². The molecule has 3 heteroatoms. The van der Waals surface area contributed by atoms with Gasteiger partial charge in [-0.3, -0.25) is 0 Å². The SMILES string of the molecule is Cc1ncn(CCC2CCCCN2CCCc2ccccc2)c1C. The van der Waals surface area contributed by atoms with Gasteiger partial charge in [0.05, 0.1) is 12.0 Å². The molecule has 2 heterocycles. The second kappa shape index (κ2) is 8.48. The van der Waals surface area contributed by atoms with Crippen LogP contribution in [0.2, 0.25) is 0 Å². The average Bonchev–Trinajstić information content (AvgIpc) is 2.94. The van der Waals surface area contributed by atoms with E-state index in [-0.39, 0.29) is 0 Å². The van der Waals surface area contributed by atoms with E-state index < -0.39 is 0 Å². The number of aromatic nitrogens is 2. The number of likely N-dealkylation sites (tertiary alicyclic amines) is 1. The van der Waals surface area contributed by atoms with Crippen LogP contribution in [0.25, 0.3) is 0 Å². The Hall–Kier alpha value is -1.61. The van der Waals surface area contributed by atoms with Gasteiger partial charge in [-0.1, -0.05) is 36.8 Å². The second-order valence-electron chi connectivity index (χ2n) is 7.17. The first-order valence-corrected chi connectivity index (χ1v) is 9.50. The van der Waals surface area contributed by atoms with Crippen molar-refractivity contribution < 1.29 is 0 Å². The summed E-state index contributed by atoms with van der Waals surface area (Å²) >= 11 is 0. The van der Waals surface area contributed by atoms with Crippen molar-refractivity contribution in [2.24, 2.45) is 0 Å². The lowest BCUT2D eigenvalue weighted by atomic mass is 9.98. The molecule has 1 aliphatic heterocycles. The fraction of sp³-hybridized carbons (Fsp3) is 0.571. The Morgan fingerprint density at radius 3 is 2.67 bits per heavy atom. The molecule has 24 heavy (non-hydrogen) atoms. The maximum absolute atomic E-state index is 4.43. The van der Waals surface area contributed by atoms with Gasteiger partial charge >= 0.3 is 0 Å². The van der Waals surface area contributed by atoms with Crippen LogP contribution in [-0.2, 0) is 13.0 Å². The maximum Gasteiger partial charge on any atom is 0.0951 e. The summed E-state index contributed by atoms with van der Waals surface area (Å²) in [5.74, 6) is 0. The quantitative estimate of drug-likeness (QED) is 0.753. The van der Waals surface area contributed by atoms with Gasteiger partial charge in [0.1, 0.15) is 0 Å². The topological polar surface area (TPSA) is 21.1 Å². The van der Waals surface area contributed by atoms with Gasteiger partial charge < -0.3 is 9.47 Å². The highest BCUT2D eigenvalue weighted by Gasteiger charge is 2.21. The van der Waals surface area contributed by atoms with Crippen LogP contribution in [0, 0.1) is 13.8 Å². The van der Waals surface area contributed by atoms with Gasteiger partial charge in [0.2, 0.25) is 0 Å². The molecule has 0 N–H and O–H groups in total. The minimum atomic E-state index is 0.747. The number of benzene rings is 1. The summed E-state index contributed by atoms with van der Waals surface area (Å²) in [6.07, 6.45) is 9.84. The molecular formula is C21H31N3. The minimum absolute atomic E-state index is 0.747. The number of rotatable bonds is 7. The third-order valence-corrected chi connectivity index (χ3v) is 5.55. The molecule has 3 nitrogen and oxygen atoms in total. The molecule has 0 spiro atoms. The molecule has 0 radical (unpaired) electrons. The number of imidazole rings is 1. The third kappa shape index (κ3) is 4.47. The predicted octanol–water partition coefficient (Wildman–Crippen LogP) is 4.38. The highest BCUT2D eigenvalue weighted by Crippen LogP contribution is 2.21. The number of nitrogens with zero attached hydrogens (tertiary/aromatic N) is 3. The zero-order valence-electron chi connectivity index (χ0n) is 15.2. The Morgan fingerprint density at radius 2 is 1.92 bits per heavy atom. The molecule has 1 aliphatic rings. The Bertz CT molecular complexity index is 617. The summed E-state index contributed by atoms with van der Waals surface area (Å²) in [7, 11) is 0. The van der Waals surface area contributed by atoms with E-state index in [1.54, 1.807) is 0 Å². The van der Waals surface area contributed by atoms with Crippen LogP contribution in [0.15, 0.2) is 36.7 Å². The van der Waals surface area contributed by atoms with E-state index in [0.29, 0.717) is 0 Å². The third-order valence-electron chi connectivity index (χ3n) is 5.55. The number of aryl methyl sites for hydroxylation is 3. The number of hydrogen-bond donors (Lipinski definition) is 0. The molecule has 1 atom stereocenters. The normalized spacial score (nSPS) is 18.8. The van der Waals surface area contributed by atoms with E-state index in [1.807, 2.05) is 6.33 Å². The zero-order chi connectivity index (χ0) is 16.8. The summed E-state index contributed by atoms with van der Waals surface area (Å²) in [6, 6.07) is 11.6. The molecule has 2 aromatic rings. The van der Waals surface area contributed by atoms with E-state index in [0.717, 1.165) is 12.6 Å². The van der Waals surface area contributed by atoms with E-state index in [9.17, 15) is 0 Å². The van der Waals surface area contributed by atoms with Crippen molar-refractivity contribution in [1.29, 1.82) is 0 Å². The van der Waals surface area contributed by atoms with E-state index in [2.05, 4.69) is 58.6 Å². The van der Waals surface area contributed by atoms with Gasteiger partial charge in [0.15, 0.2) is 0 Å². The van der Waals surface area contributed by atoms with E-state index in [1.165, 1.54) is 68.6 Å². The summed E-state index contributed by atoms with van der Waals surface area (Å²) < 4.78 is 2.33. The van der Waals surface area contributed by atoms with Gasteiger partial charge in [0.25, 0.3) is 0 Å². The van der Waals surface area contributed by atoms with Crippen LogP contribution in [0.5, 0.6) is 0 Å². The molecule has 3 rings (SSSR count). The van der Waals surface area contributed by atoms with Crippen LogP contribution in [0.1, 0.15) is 49.1 Å². The summed E-state index contributed by atoms with van der Waals surface area (Å²) in [5, 5.41) is 0. The molecule has 130 valence electrons. The molecule has 0 saturated carbocycles. The van der Waals surface area contributed by atoms with Crippen LogP contribution in [0.3, 0.4) is 0 Å². The van der Waals surface area contributed by atoms with Crippen molar-refractivity contribution in [3.63, 3.8) is 0 Å². The van der Waals surface area contributed by atoms with Gasteiger partial charge in [0, 0.05) is 18.3 Å². The molecule has 0 bridgehead atoms. The average molecular weight is 326 g/mol. The number of piperidine rings is 1. The smallest absolute Gasteiger partial charge is 0.0951 e. The number of hydrogen-bond acceptors (Lipinski definition) is 2. The van der Waals surface area contributed by atoms with Gasteiger partial charge in [-0.25, -0.2) is 4.98 Å². The Kier molecular flexibility index (Phi) is 6.08.